The van der Waals surface area contributed by atoms with Gasteiger partial charge in [0.05, 0.1) is 16.6 Å². The van der Waals surface area contributed by atoms with Crippen LogP contribution in [0.5, 0.6) is 0 Å². The largest absolute Gasteiger partial charge is 0.251 e. The SMILES string of the molecule is C1=CC23CC2(C=C1c1cnc2cccnc2n1)Sc1ccccc13. The molecule has 2 atom stereocenters. The topological polar surface area (TPSA) is 38.7 Å². The minimum absolute atomic E-state index is 0.168. The first-order valence-corrected chi connectivity index (χ1v) is 8.90. The fraction of sp³-hybridized carbons (Fsp3) is 0.150. The van der Waals surface area contributed by atoms with E-state index in [4.69, 9.17) is 4.98 Å². The number of allylic oxidation sites excluding steroid dienone is 3. The van der Waals surface area contributed by atoms with E-state index in [1.54, 1.807) is 6.20 Å². The summed E-state index contributed by atoms with van der Waals surface area (Å²) in [5.74, 6) is 0. The van der Waals surface area contributed by atoms with E-state index in [2.05, 4.69) is 52.5 Å². The Bertz CT molecular complexity index is 1090. The number of hydrogen-bond donors (Lipinski definition) is 0. The Morgan fingerprint density at radius 1 is 1.04 bits per heavy atom. The quantitative estimate of drug-likeness (QED) is 0.672. The van der Waals surface area contributed by atoms with Gasteiger partial charge in [-0.2, -0.15) is 0 Å². The first-order chi connectivity index (χ1) is 11.8. The second-order valence-electron chi connectivity index (χ2n) is 6.67. The van der Waals surface area contributed by atoms with E-state index in [0.717, 1.165) is 16.8 Å². The molecule has 2 unspecified atom stereocenters. The van der Waals surface area contributed by atoms with Crippen LogP contribution in [0, 0.1) is 0 Å². The summed E-state index contributed by atoms with van der Waals surface area (Å²) < 4.78 is 0.168. The lowest BCUT2D eigenvalue weighted by atomic mass is 9.88. The van der Waals surface area contributed by atoms with Crippen molar-refractivity contribution in [2.24, 2.45) is 0 Å². The zero-order chi connectivity index (χ0) is 15.8. The summed E-state index contributed by atoms with van der Waals surface area (Å²) >= 11 is 2.00. The van der Waals surface area contributed by atoms with Crippen molar-refractivity contribution in [2.75, 3.05) is 0 Å². The molecule has 0 spiro atoms. The number of nitrogens with zero attached hydrogens (tertiary/aromatic N) is 3. The van der Waals surface area contributed by atoms with E-state index in [1.807, 2.05) is 30.1 Å². The molecular weight excluding hydrogens is 314 g/mol. The molecule has 2 aliphatic carbocycles. The lowest BCUT2D eigenvalue weighted by Gasteiger charge is -2.17. The highest BCUT2D eigenvalue weighted by molar-refractivity contribution is 8.01. The number of rotatable bonds is 1. The van der Waals surface area contributed by atoms with Crippen molar-refractivity contribution < 1.29 is 0 Å². The van der Waals surface area contributed by atoms with Crippen LogP contribution in [0.3, 0.4) is 0 Å². The standard InChI is InChI=1S/C20H13N3S/c1-2-6-17-14(4-1)19-8-7-13(10-20(19,12-19)24-17)16-11-22-15-5-3-9-21-18(15)23-16/h1-11H,12H2. The molecule has 1 saturated carbocycles. The first-order valence-electron chi connectivity index (χ1n) is 8.09. The number of aromatic nitrogens is 3. The maximum Gasteiger partial charge on any atom is 0.178 e. The highest BCUT2D eigenvalue weighted by Gasteiger charge is 2.71. The Balaban J connectivity index is 1.47. The number of fused-ring (bicyclic) bond motifs is 2. The van der Waals surface area contributed by atoms with Crippen LogP contribution in [-0.2, 0) is 5.41 Å². The Kier molecular flexibility index (Phi) is 2.22. The number of benzene rings is 1. The maximum absolute atomic E-state index is 4.71. The van der Waals surface area contributed by atoms with Crippen molar-refractivity contribution in [3.63, 3.8) is 0 Å². The second-order valence-corrected chi connectivity index (χ2v) is 8.04. The van der Waals surface area contributed by atoms with Crippen LogP contribution in [0.25, 0.3) is 16.7 Å². The Labute approximate surface area is 143 Å². The smallest absolute Gasteiger partial charge is 0.178 e. The summed E-state index contributed by atoms with van der Waals surface area (Å²) in [5.41, 5.74) is 5.28. The zero-order valence-corrected chi connectivity index (χ0v) is 13.6. The molecule has 0 amide bonds. The maximum atomic E-state index is 4.71. The van der Waals surface area contributed by atoms with Crippen LogP contribution < -0.4 is 0 Å². The van der Waals surface area contributed by atoms with Crippen LogP contribution >= 0.6 is 11.8 Å². The molecule has 3 heterocycles. The average Bonchev–Trinajstić information content (AvgIpc) is 3.21. The molecule has 6 rings (SSSR count). The van der Waals surface area contributed by atoms with Gasteiger partial charge in [-0.25, -0.2) is 9.97 Å². The Morgan fingerprint density at radius 3 is 3.00 bits per heavy atom. The Morgan fingerprint density at radius 2 is 2.00 bits per heavy atom. The van der Waals surface area contributed by atoms with Crippen molar-refractivity contribution in [1.82, 2.24) is 15.0 Å². The summed E-state index contributed by atoms with van der Waals surface area (Å²) in [6.45, 7) is 0. The van der Waals surface area contributed by atoms with E-state index in [1.165, 1.54) is 16.9 Å². The van der Waals surface area contributed by atoms with Gasteiger partial charge in [0.25, 0.3) is 0 Å². The third kappa shape index (κ3) is 1.47. The van der Waals surface area contributed by atoms with Crippen LogP contribution in [0.2, 0.25) is 0 Å². The summed E-state index contributed by atoms with van der Waals surface area (Å²) in [5, 5.41) is 0. The van der Waals surface area contributed by atoms with Crippen molar-refractivity contribution in [2.45, 2.75) is 21.5 Å². The molecule has 0 bridgehead atoms. The van der Waals surface area contributed by atoms with Gasteiger partial charge in [-0.3, -0.25) is 4.98 Å². The molecule has 1 aliphatic heterocycles. The van der Waals surface area contributed by atoms with E-state index >= 15 is 0 Å². The van der Waals surface area contributed by atoms with Gasteiger partial charge in [0.15, 0.2) is 5.65 Å². The summed E-state index contributed by atoms with van der Waals surface area (Å²) in [6.07, 6.45) is 11.8. The van der Waals surface area contributed by atoms with Crippen LogP contribution in [0.1, 0.15) is 17.7 Å². The number of pyridine rings is 1. The lowest BCUT2D eigenvalue weighted by molar-refractivity contribution is 0.845. The van der Waals surface area contributed by atoms with Crippen LogP contribution in [0.4, 0.5) is 0 Å². The molecule has 114 valence electrons. The van der Waals surface area contributed by atoms with Crippen LogP contribution in [0.15, 0.2) is 71.9 Å². The average molecular weight is 327 g/mol. The van der Waals surface area contributed by atoms with Gasteiger partial charge in [0.2, 0.25) is 0 Å². The molecule has 24 heavy (non-hydrogen) atoms. The van der Waals surface area contributed by atoms with Gasteiger partial charge >= 0.3 is 0 Å². The third-order valence-corrected chi connectivity index (χ3v) is 6.95. The molecule has 1 aromatic carbocycles. The predicted molar refractivity (Wildman–Crippen MR) is 95.8 cm³/mol. The van der Waals surface area contributed by atoms with Crippen molar-refractivity contribution in [3.8, 4) is 0 Å². The fourth-order valence-electron chi connectivity index (χ4n) is 4.12. The number of hydrogen-bond acceptors (Lipinski definition) is 4. The molecule has 0 N–H and O–H groups in total. The molecule has 1 fully saturated rings. The van der Waals surface area contributed by atoms with E-state index in [-0.39, 0.29) is 10.2 Å². The minimum atomic E-state index is 0.168. The summed E-state index contributed by atoms with van der Waals surface area (Å²) in [7, 11) is 0. The van der Waals surface area contributed by atoms with Gasteiger partial charge in [-0.1, -0.05) is 36.4 Å². The first kappa shape index (κ1) is 12.9. The summed E-state index contributed by atoms with van der Waals surface area (Å²) in [6, 6.07) is 12.6. The van der Waals surface area contributed by atoms with E-state index in [9.17, 15) is 0 Å². The predicted octanol–water partition coefficient (Wildman–Crippen LogP) is 4.16. The summed E-state index contributed by atoms with van der Waals surface area (Å²) in [4.78, 5) is 15.0. The van der Waals surface area contributed by atoms with Gasteiger partial charge in [0, 0.05) is 16.5 Å². The molecule has 0 saturated heterocycles. The fourth-order valence-corrected chi connectivity index (χ4v) is 5.86. The highest BCUT2D eigenvalue weighted by Crippen LogP contribution is 2.76. The van der Waals surface area contributed by atoms with Gasteiger partial charge in [-0.15, -0.1) is 11.8 Å². The third-order valence-electron chi connectivity index (χ3n) is 5.38. The molecule has 0 radical (unpaired) electrons. The van der Waals surface area contributed by atoms with Crippen molar-refractivity contribution in [1.29, 1.82) is 0 Å². The highest BCUT2D eigenvalue weighted by atomic mass is 32.2. The van der Waals surface area contributed by atoms with Crippen molar-refractivity contribution >= 4 is 28.5 Å². The van der Waals surface area contributed by atoms with E-state index in [0.29, 0.717) is 5.65 Å². The molecule has 4 heteroatoms. The second kappa shape index (κ2) is 4.14. The molecule has 3 aromatic rings. The molecule has 3 aliphatic rings. The van der Waals surface area contributed by atoms with Crippen molar-refractivity contribution in [3.05, 3.63) is 78.3 Å². The zero-order valence-electron chi connectivity index (χ0n) is 12.8. The van der Waals surface area contributed by atoms with E-state index < -0.39 is 0 Å². The molecule has 2 aromatic heterocycles. The number of thioether (sulfide) groups is 1. The monoisotopic (exact) mass is 327 g/mol. The van der Waals surface area contributed by atoms with Gasteiger partial charge in [0.1, 0.15) is 5.52 Å². The van der Waals surface area contributed by atoms with Crippen LogP contribution in [-0.4, -0.2) is 19.7 Å². The Hall–Kier alpha value is -2.46. The lowest BCUT2D eigenvalue weighted by Crippen LogP contribution is -2.15. The van der Waals surface area contributed by atoms with Gasteiger partial charge in [-0.05, 0) is 35.8 Å². The molecule has 3 nitrogen and oxygen atoms in total. The van der Waals surface area contributed by atoms with Gasteiger partial charge < -0.3 is 0 Å². The normalized spacial score (nSPS) is 28.9. The minimum Gasteiger partial charge on any atom is -0.251 e. The molecular formula is C20H13N3S.